The van der Waals surface area contributed by atoms with Crippen LogP contribution in [0.15, 0.2) is 36.4 Å². The maximum atomic E-state index is 9.50. The minimum atomic E-state index is 0.387. The van der Waals surface area contributed by atoms with Crippen LogP contribution in [-0.4, -0.2) is 5.11 Å². The summed E-state index contributed by atoms with van der Waals surface area (Å²) >= 11 is 0. The quantitative estimate of drug-likeness (QED) is 0.852. The molecule has 0 atom stereocenters. The van der Waals surface area contributed by atoms with Gasteiger partial charge in [0.2, 0.25) is 0 Å². The van der Waals surface area contributed by atoms with Gasteiger partial charge in [-0.05, 0) is 73.9 Å². The molecule has 2 aromatic rings. The van der Waals surface area contributed by atoms with Crippen molar-refractivity contribution < 1.29 is 5.11 Å². The molecular weight excluding hydrogens is 232 g/mol. The molecule has 0 aliphatic carbocycles. The van der Waals surface area contributed by atoms with Gasteiger partial charge in [-0.2, -0.15) is 0 Å². The molecule has 19 heavy (non-hydrogen) atoms. The fraction of sp³-hybridized carbons (Fsp3) is 0.333. The lowest BCUT2D eigenvalue weighted by Crippen LogP contribution is -1.92. The molecule has 1 N–H and O–H groups in total. The molecule has 0 saturated heterocycles. The third-order valence-corrected chi connectivity index (χ3v) is 3.76. The third-order valence-electron chi connectivity index (χ3n) is 3.76. The monoisotopic (exact) mass is 254 g/mol. The molecule has 0 amide bonds. The van der Waals surface area contributed by atoms with Gasteiger partial charge in [0.1, 0.15) is 5.75 Å². The number of phenolic OH excluding ortho intramolecular Hbond substituents is 1. The Labute approximate surface area is 115 Å². The fourth-order valence-corrected chi connectivity index (χ4v) is 2.33. The van der Waals surface area contributed by atoms with Gasteiger partial charge in [-0.25, -0.2) is 0 Å². The normalized spacial score (nSPS) is 10.7. The smallest absolute Gasteiger partial charge is 0.118 e. The van der Waals surface area contributed by atoms with Crippen molar-refractivity contribution in [2.75, 3.05) is 0 Å². The van der Waals surface area contributed by atoms with E-state index in [1.165, 1.54) is 22.3 Å². The second-order valence-corrected chi connectivity index (χ2v) is 5.39. The first-order chi connectivity index (χ1) is 9.06. The van der Waals surface area contributed by atoms with Crippen LogP contribution >= 0.6 is 0 Å². The molecule has 1 heteroatoms. The van der Waals surface area contributed by atoms with Gasteiger partial charge < -0.3 is 5.11 Å². The number of benzene rings is 2. The van der Waals surface area contributed by atoms with Crippen LogP contribution in [0.5, 0.6) is 5.75 Å². The van der Waals surface area contributed by atoms with Crippen LogP contribution in [0.25, 0.3) is 0 Å². The molecule has 1 nitrogen and oxygen atoms in total. The number of phenols is 1. The van der Waals surface area contributed by atoms with Gasteiger partial charge in [0.05, 0.1) is 0 Å². The minimum Gasteiger partial charge on any atom is -0.508 e. The van der Waals surface area contributed by atoms with Gasteiger partial charge in [0.25, 0.3) is 0 Å². The Hall–Kier alpha value is -1.76. The number of hydrogen-bond donors (Lipinski definition) is 1. The highest BCUT2D eigenvalue weighted by Gasteiger charge is 2.00. The Bertz CT molecular complexity index is 518. The van der Waals surface area contributed by atoms with Crippen LogP contribution in [0, 0.1) is 20.8 Å². The SMILES string of the molecule is Cc1ccc(CCCc2ccc(O)c(C)c2)cc1C. The van der Waals surface area contributed by atoms with E-state index in [-0.39, 0.29) is 0 Å². The van der Waals surface area contributed by atoms with E-state index in [1.807, 2.05) is 13.0 Å². The Morgan fingerprint density at radius 3 is 1.89 bits per heavy atom. The lowest BCUT2D eigenvalue weighted by atomic mass is 10.00. The Morgan fingerprint density at radius 2 is 1.32 bits per heavy atom. The third kappa shape index (κ3) is 3.60. The maximum Gasteiger partial charge on any atom is 0.118 e. The van der Waals surface area contributed by atoms with E-state index in [0.29, 0.717) is 5.75 Å². The predicted octanol–water partition coefficient (Wildman–Crippen LogP) is 4.49. The molecule has 0 bridgehead atoms. The molecular formula is C18H22O. The van der Waals surface area contributed by atoms with E-state index >= 15 is 0 Å². The lowest BCUT2D eigenvalue weighted by Gasteiger charge is -2.07. The van der Waals surface area contributed by atoms with Crippen molar-refractivity contribution in [2.45, 2.75) is 40.0 Å². The van der Waals surface area contributed by atoms with Crippen LogP contribution in [-0.2, 0) is 12.8 Å². The summed E-state index contributed by atoms with van der Waals surface area (Å²) in [4.78, 5) is 0. The van der Waals surface area contributed by atoms with E-state index in [0.717, 1.165) is 24.8 Å². The summed E-state index contributed by atoms with van der Waals surface area (Å²) in [7, 11) is 0. The Balaban J connectivity index is 1.92. The fourth-order valence-electron chi connectivity index (χ4n) is 2.33. The van der Waals surface area contributed by atoms with Crippen LogP contribution in [0.3, 0.4) is 0 Å². The van der Waals surface area contributed by atoms with E-state index in [4.69, 9.17) is 0 Å². The zero-order valence-electron chi connectivity index (χ0n) is 12.0. The van der Waals surface area contributed by atoms with Crippen molar-refractivity contribution in [1.82, 2.24) is 0 Å². The molecule has 0 radical (unpaired) electrons. The molecule has 0 heterocycles. The van der Waals surface area contributed by atoms with Gasteiger partial charge in [0, 0.05) is 0 Å². The second kappa shape index (κ2) is 5.92. The largest absolute Gasteiger partial charge is 0.508 e. The van der Waals surface area contributed by atoms with Crippen LogP contribution < -0.4 is 0 Å². The van der Waals surface area contributed by atoms with Crippen molar-refractivity contribution in [3.63, 3.8) is 0 Å². The molecule has 2 aromatic carbocycles. The first-order valence-electron chi connectivity index (χ1n) is 6.91. The van der Waals surface area contributed by atoms with Gasteiger partial charge in [-0.3, -0.25) is 0 Å². The van der Waals surface area contributed by atoms with E-state index < -0.39 is 0 Å². The summed E-state index contributed by atoms with van der Waals surface area (Å²) < 4.78 is 0. The van der Waals surface area contributed by atoms with Crippen LogP contribution in [0.2, 0.25) is 0 Å². The van der Waals surface area contributed by atoms with Crippen LogP contribution in [0.1, 0.15) is 34.2 Å². The molecule has 0 fully saturated rings. The van der Waals surface area contributed by atoms with E-state index in [1.54, 1.807) is 6.07 Å². The highest BCUT2D eigenvalue weighted by Crippen LogP contribution is 2.19. The molecule has 0 aliphatic rings. The summed E-state index contributed by atoms with van der Waals surface area (Å²) in [5.74, 6) is 0.387. The second-order valence-electron chi connectivity index (χ2n) is 5.39. The van der Waals surface area contributed by atoms with Gasteiger partial charge in [0.15, 0.2) is 0 Å². The van der Waals surface area contributed by atoms with E-state index in [9.17, 15) is 5.11 Å². The highest BCUT2D eigenvalue weighted by molar-refractivity contribution is 5.35. The van der Waals surface area contributed by atoms with Crippen molar-refractivity contribution in [3.8, 4) is 5.75 Å². The average Bonchev–Trinajstić information content (AvgIpc) is 2.38. The van der Waals surface area contributed by atoms with Crippen LogP contribution in [0.4, 0.5) is 0 Å². The molecule has 100 valence electrons. The number of rotatable bonds is 4. The van der Waals surface area contributed by atoms with Gasteiger partial charge >= 0.3 is 0 Å². The summed E-state index contributed by atoms with van der Waals surface area (Å²) in [6.07, 6.45) is 3.32. The number of aromatic hydroxyl groups is 1. The standard InChI is InChI=1S/C18H22O/c1-13-7-8-16(11-14(13)2)5-4-6-17-9-10-18(19)15(3)12-17/h7-12,19H,4-6H2,1-3H3. The summed E-state index contributed by atoms with van der Waals surface area (Å²) in [5, 5.41) is 9.50. The minimum absolute atomic E-state index is 0.387. The van der Waals surface area contributed by atoms with Crippen molar-refractivity contribution >= 4 is 0 Å². The van der Waals surface area contributed by atoms with Crippen molar-refractivity contribution in [2.24, 2.45) is 0 Å². The molecule has 2 rings (SSSR count). The molecule has 0 spiro atoms. The lowest BCUT2D eigenvalue weighted by molar-refractivity contribution is 0.471. The molecule has 0 unspecified atom stereocenters. The summed E-state index contributed by atoms with van der Waals surface area (Å²) in [5.41, 5.74) is 6.41. The average molecular weight is 254 g/mol. The van der Waals surface area contributed by atoms with Gasteiger partial charge in [-0.15, -0.1) is 0 Å². The zero-order valence-corrected chi connectivity index (χ0v) is 12.0. The summed E-state index contributed by atoms with van der Waals surface area (Å²) in [6.45, 7) is 6.27. The maximum absolute atomic E-state index is 9.50. The highest BCUT2D eigenvalue weighted by atomic mass is 16.3. The van der Waals surface area contributed by atoms with Crippen molar-refractivity contribution in [3.05, 3.63) is 64.2 Å². The predicted molar refractivity (Wildman–Crippen MR) is 80.8 cm³/mol. The summed E-state index contributed by atoms with van der Waals surface area (Å²) in [6, 6.07) is 12.6. The van der Waals surface area contributed by atoms with Gasteiger partial charge in [-0.1, -0.05) is 30.3 Å². The first-order valence-corrected chi connectivity index (χ1v) is 6.91. The molecule has 0 aromatic heterocycles. The Kier molecular flexibility index (Phi) is 4.26. The first kappa shape index (κ1) is 13.7. The topological polar surface area (TPSA) is 20.2 Å². The number of hydrogen-bond acceptors (Lipinski definition) is 1. The number of aryl methyl sites for hydroxylation is 5. The Morgan fingerprint density at radius 1 is 0.737 bits per heavy atom. The molecule has 0 aliphatic heterocycles. The van der Waals surface area contributed by atoms with E-state index in [2.05, 4.69) is 38.1 Å². The van der Waals surface area contributed by atoms with Crippen molar-refractivity contribution in [1.29, 1.82) is 0 Å². The zero-order chi connectivity index (χ0) is 13.8. The molecule has 0 saturated carbocycles.